The van der Waals surface area contributed by atoms with Gasteiger partial charge < -0.3 is 10.6 Å². The summed E-state index contributed by atoms with van der Waals surface area (Å²) in [7, 11) is 2.21. The molecule has 0 aromatic heterocycles. The quantitative estimate of drug-likeness (QED) is 0.807. The Morgan fingerprint density at radius 1 is 1.39 bits per heavy atom. The molecule has 1 heterocycles. The Hall–Kier alpha value is -0.420. The maximum atomic E-state index is 3.56. The molecule has 1 unspecified atom stereocenters. The first kappa shape index (κ1) is 14.0. The predicted molar refractivity (Wildman–Crippen MR) is 80.0 cm³/mol. The molecule has 100 valence electrons. The molecule has 1 aliphatic heterocycles. The summed E-state index contributed by atoms with van der Waals surface area (Å²) in [5.41, 5.74) is 1.39. The van der Waals surface area contributed by atoms with E-state index in [9.17, 15) is 0 Å². The van der Waals surface area contributed by atoms with Crippen molar-refractivity contribution < 1.29 is 0 Å². The molecule has 18 heavy (non-hydrogen) atoms. The molecule has 0 radical (unpaired) electrons. The van der Waals surface area contributed by atoms with E-state index < -0.39 is 0 Å². The second-order valence-corrected chi connectivity index (χ2v) is 5.83. The molecule has 0 spiro atoms. The first-order valence-corrected chi connectivity index (χ1v) is 7.41. The number of nitrogens with one attached hydrogen (secondary N) is 2. The number of hydrogen-bond acceptors (Lipinski definition) is 3. The highest BCUT2D eigenvalue weighted by atomic mass is 79.9. The third kappa shape index (κ3) is 4.35. The van der Waals surface area contributed by atoms with Crippen LogP contribution in [-0.2, 0) is 6.42 Å². The lowest BCUT2D eigenvalue weighted by Gasteiger charge is -2.33. The summed E-state index contributed by atoms with van der Waals surface area (Å²) >= 11 is 3.46. The third-order valence-corrected chi connectivity index (χ3v) is 4.06. The van der Waals surface area contributed by atoms with E-state index in [1.165, 1.54) is 5.56 Å². The molecule has 4 heteroatoms. The molecule has 1 aromatic rings. The fourth-order valence-corrected chi connectivity index (χ4v) is 2.51. The van der Waals surface area contributed by atoms with Crippen LogP contribution in [0.1, 0.15) is 5.56 Å². The van der Waals surface area contributed by atoms with Gasteiger partial charge >= 0.3 is 0 Å². The van der Waals surface area contributed by atoms with Crippen LogP contribution in [0.25, 0.3) is 0 Å². The van der Waals surface area contributed by atoms with Gasteiger partial charge in [-0.3, -0.25) is 4.90 Å². The number of likely N-dealkylation sites (N-methyl/N-ethyl adjacent to an activating group) is 1. The third-order valence-electron chi connectivity index (χ3n) is 3.53. The Kier molecular flexibility index (Phi) is 5.63. The van der Waals surface area contributed by atoms with Gasteiger partial charge in [-0.1, -0.05) is 28.1 Å². The average molecular weight is 312 g/mol. The summed E-state index contributed by atoms with van der Waals surface area (Å²) < 4.78 is 1.15. The molecule has 1 atom stereocenters. The van der Waals surface area contributed by atoms with Gasteiger partial charge in [-0.05, 0) is 37.7 Å². The zero-order valence-corrected chi connectivity index (χ0v) is 12.5. The van der Waals surface area contributed by atoms with Gasteiger partial charge in [0.05, 0.1) is 0 Å². The second-order valence-electron chi connectivity index (χ2n) is 4.92. The Balaban J connectivity index is 1.65. The Morgan fingerprint density at radius 3 is 2.89 bits per heavy atom. The Bertz CT molecular complexity index is 353. The molecule has 0 bridgehead atoms. The van der Waals surface area contributed by atoms with Crippen LogP contribution in [0.4, 0.5) is 0 Å². The van der Waals surface area contributed by atoms with Crippen molar-refractivity contribution >= 4 is 15.9 Å². The molecular weight excluding hydrogens is 290 g/mol. The van der Waals surface area contributed by atoms with Crippen molar-refractivity contribution in [2.24, 2.45) is 0 Å². The SMILES string of the molecule is CN1CCNCC1CNCCc1ccc(Br)cc1. The standard InChI is InChI=1S/C14H22BrN3/c1-18-9-8-17-11-14(18)10-16-7-6-12-2-4-13(15)5-3-12/h2-5,14,16-17H,6-11H2,1H3. The summed E-state index contributed by atoms with van der Waals surface area (Å²) in [4.78, 5) is 2.43. The number of nitrogens with zero attached hydrogens (tertiary/aromatic N) is 1. The second kappa shape index (κ2) is 7.24. The monoisotopic (exact) mass is 311 g/mol. The van der Waals surface area contributed by atoms with Gasteiger partial charge in [-0.25, -0.2) is 0 Å². The normalized spacial score (nSPS) is 21.1. The van der Waals surface area contributed by atoms with Gasteiger partial charge in [0.25, 0.3) is 0 Å². The zero-order valence-electron chi connectivity index (χ0n) is 11.0. The number of halogens is 1. The lowest BCUT2D eigenvalue weighted by molar-refractivity contribution is 0.196. The van der Waals surface area contributed by atoms with Gasteiger partial charge in [0, 0.05) is 36.7 Å². The van der Waals surface area contributed by atoms with Crippen molar-refractivity contribution in [1.82, 2.24) is 15.5 Å². The molecule has 3 nitrogen and oxygen atoms in total. The van der Waals surface area contributed by atoms with Gasteiger partial charge in [0.1, 0.15) is 0 Å². The first-order valence-electron chi connectivity index (χ1n) is 6.62. The minimum atomic E-state index is 0.628. The minimum Gasteiger partial charge on any atom is -0.315 e. The lowest BCUT2D eigenvalue weighted by atomic mass is 10.1. The maximum absolute atomic E-state index is 3.56. The molecular formula is C14H22BrN3. The van der Waals surface area contributed by atoms with E-state index in [0.29, 0.717) is 6.04 Å². The van der Waals surface area contributed by atoms with Crippen LogP contribution >= 0.6 is 15.9 Å². The van der Waals surface area contributed by atoms with Crippen LogP contribution in [0, 0.1) is 0 Å². The minimum absolute atomic E-state index is 0.628. The number of rotatable bonds is 5. The van der Waals surface area contributed by atoms with Gasteiger partial charge in [0.15, 0.2) is 0 Å². The van der Waals surface area contributed by atoms with Gasteiger partial charge in [-0.15, -0.1) is 0 Å². The highest BCUT2D eigenvalue weighted by molar-refractivity contribution is 9.10. The average Bonchev–Trinajstić information content (AvgIpc) is 2.39. The van der Waals surface area contributed by atoms with Crippen LogP contribution in [0.3, 0.4) is 0 Å². The summed E-state index contributed by atoms with van der Waals surface area (Å²) in [6, 6.07) is 9.20. The Labute approximate surface area is 118 Å². The largest absolute Gasteiger partial charge is 0.315 e. The van der Waals surface area contributed by atoms with E-state index in [2.05, 4.69) is 62.8 Å². The van der Waals surface area contributed by atoms with Crippen molar-refractivity contribution in [2.45, 2.75) is 12.5 Å². The van der Waals surface area contributed by atoms with E-state index in [1.54, 1.807) is 0 Å². The Morgan fingerprint density at radius 2 is 2.17 bits per heavy atom. The first-order chi connectivity index (χ1) is 8.75. The molecule has 0 aliphatic carbocycles. The summed E-state index contributed by atoms with van der Waals surface area (Å²) in [6.45, 7) is 5.48. The van der Waals surface area contributed by atoms with E-state index in [-0.39, 0.29) is 0 Å². The van der Waals surface area contributed by atoms with Crippen molar-refractivity contribution in [3.05, 3.63) is 34.3 Å². The van der Waals surface area contributed by atoms with Crippen molar-refractivity contribution in [2.75, 3.05) is 39.8 Å². The summed E-state index contributed by atoms with van der Waals surface area (Å²) in [6.07, 6.45) is 1.09. The summed E-state index contributed by atoms with van der Waals surface area (Å²) in [5.74, 6) is 0. The van der Waals surface area contributed by atoms with Crippen molar-refractivity contribution in [3.8, 4) is 0 Å². The van der Waals surface area contributed by atoms with Crippen LogP contribution in [0.5, 0.6) is 0 Å². The van der Waals surface area contributed by atoms with Gasteiger partial charge in [0.2, 0.25) is 0 Å². The number of hydrogen-bond donors (Lipinski definition) is 2. The topological polar surface area (TPSA) is 27.3 Å². The molecule has 2 N–H and O–H groups in total. The molecule has 1 saturated heterocycles. The smallest absolute Gasteiger partial charge is 0.0342 e. The fraction of sp³-hybridized carbons (Fsp3) is 0.571. The van der Waals surface area contributed by atoms with Crippen LogP contribution in [-0.4, -0.2) is 50.7 Å². The highest BCUT2D eigenvalue weighted by Crippen LogP contribution is 2.10. The molecule has 1 aliphatic rings. The van der Waals surface area contributed by atoms with Crippen LogP contribution < -0.4 is 10.6 Å². The van der Waals surface area contributed by atoms with E-state index in [1.807, 2.05) is 0 Å². The predicted octanol–water partition coefficient (Wildman–Crippen LogP) is 1.48. The van der Waals surface area contributed by atoms with Crippen LogP contribution in [0.15, 0.2) is 28.7 Å². The molecule has 0 amide bonds. The summed E-state index contributed by atoms with van der Waals surface area (Å²) in [5, 5.41) is 7.00. The van der Waals surface area contributed by atoms with E-state index in [4.69, 9.17) is 0 Å². The highest BCUT2D eigenvalue weighted by Gasteiger charge is 2.17. The zero-order chi connectivity index (χ0) is 12.8. The van der Waals surface area contributed by atoms with Crippen LogP contribution in [0.2, 0.25) is 0 Å². The lowest BCUT2D eigenvalue weighted by Crippen LogP contribution is -2.53. The number of piperazine rings is 1. The molecule has 2 rings (SSSR count). The maximum Gasteiger partial charge on any atom is 0.0342 e. The molecule has 0 saturated carbocycles. The van der Waals surface area contributed by atoms with Gasteiger partial charge in [-0.2, -0.15) is 0 Å². The molecule has 1 aromatic carbocycles. The fourth-order valence-electron chi connectivity index (χ4n) is 2.24. The number of benzene rings is 1. The molecule has 1 fully saturated rings. The van der Waals surface area contributed by atoms with E-state index >= 15 is 0 Å². The van der Waals surface area contributed by atoms with Crippen molar-refractivity contribution in [1.29, 1.82) is 0 Å². The van der Waals surface area contributed by atoms with E-state index in [0.717, 1.165) is 43.6 Å². The van der Waals surface area contributed by atoms with Crippen molar-refractivity contribution in [3.63, 3.8) is 0 Å².